The van der Waals surface area contributed by atoms with Crippen LogP contribution in [0.1, 0.15) is 31.4 Å². The van der Waals surface area contributed by atoms with Crippen LogP contribution in [0.25, 0.3) is 0 Å². The molecule has 0 bridgehead atoms. The van der Waals surface area contributed by atoms with Crippen molar-refractivity contribution < 1.29 is 18.0 Å². The van der Waals surface area contributed by atoms with Gasteiger partial charge in [-0.2, -0.15) is 0 Å². The van der Waals surface area contributed by atoms with Crippen LogP contribution in [0.5, 0.6) is 0 Å². The number of amides is 2. The number of nitrogens with zero attached hydrogens (tertiary/aromatic N) is 2. The third-order valence-corrected chi connectivity index (χ3v) is 10.4. The molecule has 4 aromatic rings. The van der Waals surface area contributed by atoms with Crippen molar-refractivity contribution in [2.24, 2.45) is 0 Å². The lowest BCUT2D eigenvalue weighted by Crippen LogP contribution is -2.54. The van der Waals surface area contributed by atoms with E-state index < -0.39 is 28.5 Å². The average molecular weight is 722 g/mol. The summed E-state index contributed by atoms with van der Waals surface area (Å²) >= 11 is 24.8. The molecule has 0 fully saturated rings. The van der Waals surface area contributed by atoms with E-state index in [-0.39, 0.29) is 45.5 Å². The molecule has 46 heavy (non-hydrogen) atoms. The summed E-state index contributed by atoms with van der Waals surface area (Å²) in [6.45, 7) is 3.14. The Labute approximate surface area is 290 Å². The molecule has 7 nitrogen and oxygen atoms in total. The van der Waals surface area contributed by atoms with Crippen molar-refractivity contribution in [1.29, 1.82) is 0 Å². The number of anilines is 1. The number of halogens is 4. The molecule has 0 radical (unpaired) electrons. The number of hydrogen-bond donors (Lipinski definition) is 1. The van der Waals surface area contributed by atoms with Crippen molar-refractivity contribution in [2.75, 3.05) is 10.8 Å². The standard InChI is InChI=1S/C34H33Cl4N3O4S/c1-3-23(2)39-34(43)32(19-24-8-5-4-6-9-24)40(21-25-12-17-30(37)31(38)18-25)33(42)22-41(28-11-7-10-27(36)20-28)46(44,45)29-15-13-26(35)14-16-29/h4-18,20,23,32H,3,19,21-22H2,1-2H3,(H,39,43)/t23-,32+/m1/s1. The number of rotatable bonds is 13. The highest BCUT2D eigenvalue weighted by atomic mass is 35.5. The van der Waals surface area contributed by atoms with E-state index in [1.807, 2.05) is 44.2 Å². The Balaban J connectivity index is 1.82. The topological polar surface area (TPSA) is 86.8 Å². The highest BCUT2D eigenvalue weighted by Crippen LogP contribution is 2.29. The van der Waals surface area contributed by atoms with Crippen LogP contribution in [0, 0.1) is 0 Å². The zero-order valence-electron chi connectivity index (χ0n) is 25.2. The monoisotopic (exact) mass is 719 g/mol. The molecule has 4 rings (SSSR count). The molecule has 0 heterocycles. The van der Waals surface area contributed by atoms with Gasteiger partial charge in [0, 0.05) is 29.1 Å². The third kappa shape index (κ3) is 9.17. The lowest BCUT2D eigenvalue weighted by molar-refractivity contribution is -0.140. The van der Waals surface area contributed by atoms with E-state index in [9.17, 15) is 18.0 Å². The first kappa shape index (κ1) is 35.6. The van der Waals surface area contributed by atoms with Gasteiger partial charge < -0.3 is 10.2 Å². The summed E-state index contributed by atoms with van der Waals surface area (Å²) < 4.78 is 29.2. The largest absolute Gasteiger partial charge is 0.352 e. The van der Waals surface area contributed by atoms with E-state index in [1.165, 1.54) is 35.2 Å². The van der Waals surface area contributed by atoms with Gasteiger partial charge >= 0.3 is 0 Å². The van der Waals surface area contributed by atoms with Crippen molar-refractivity contribution in [2.45, 2.75) is 50.2 Å². The molecule has 0 saturated heterocycles. The summed E-state index contributed by atoms with van der Waals surface area (Å²) in [4.78, 5) is 29.7. The zero-order chi connectivity index (χ0) is 33.4. The van der Waals surface area contributed by atoms with Gasteiger partial charge in [-0.3, -0.25) is 13.9 Å². The summed E-state index contributed by atoms with van der Waals surface area (Å²) in [5.74, 6) is -0.995. The van der Waals surface area contributed by atoms with Gasteiger partial charge in [-0.25, -0.2) is 8.42 Å². The first-order valence-corrected chi connectivity index (χ1v) is 17.5. The fourth-order valence-electron chi connectivity index (χ4n) is 4.72. The molecular weight excluding hydrogens is 688 g/mol. The van der Waals surface area contributed by atoms with Gasteiger partial charge in [-0.1, -0.05) is 95.8 Å². The molecule has 0 spiro atoms. The molecule has 12 heteroatoms. The average Bonchev–Trinajstić information content (AvgIpc) is 3.03. The summed E-state index contributed by atoms with van der Waals surface area (Å²) in [6.07, 6.45) is 0.851. The normalized spacial score (nSPS) is 12.7. The third-order valence-electron chi connectivity index (χ3n) is 7.39. The van der Waals surface area contributed by atoms with E-state index in [4.69, 9.17) is 46.4 Å². The van der Waals surface area contributed by atoms with Gasteiger partial charge in [-0.15, -0.1) is 0 Å². The number of carbonyl (C=O) groups excluding carboxylic acids is 2. The zero-order valence-corrected chi connectivity index (χ0v) is 29.0. The molecule has 0 aliphatic heterocycles. The maximum atomic E-state index is 14.5. The minimum absolute atomic E-state index is 0.0501. The Morgan fingerprint density at radius 2 is 1.48 bits per heavy atom. The molecule has 0 aliphatic rings. The maximum absolute atomic E-state index is 14.5. The summed E-state index contributed by atoms with van der Waals surface area (Å²) in [5.41, 5.74) is 1.60. The quantitative estimate of drug-likeness (QED) is 0.152. The Kier molecular flexibility index (Phi) is 12.4. The van der Waals surface area contributed by atoms with Crippen LogP contribution in [-0.4, -0.2) is 43.8 Å². The molecule has 0 aliphatic carbocycles. The summed E-state index contributed by atoms with van der Waals surface area (Å²) in [6, 6.07) is 24.9. The van der Waals surface area contributed by atoms with Crippen LogP contribution in [0.3, 0.4) is 0 Å². The number of sulfonamides is 1. The van der Waals surface area contributed by atoms with E-state index in [0.29, 0.717) is 22.0 Å². The minimum Gasteiger partial charge on any atom is -0.352 e. The van der Waals surface area contributed by atoms with Crippen LogP contribution in [0.4, 0.5) is 5.69 Å². The predicted octanol–water partition coefficient (Wildman–Crippen LogP) is 8.05. The predicted molar refractivity (Wildman–Crippen MR) is 186 cm³/mol. The van der Waals surface area contributed by atoms with Crippen molar-refractivity contribution >= 4 is 73.9 Å². The SMILES string of the molecule is CC[C@@H](C)NC(=O)[C@H](Cc1ccccc1)N(Cc1ccc(Cl)c(Cl)c1)C(=O)CN(c1cccc(Cl)c1)S(=O)(=O)c1ccc(Cl)cc1. The Morgan fingerprint density at radius 1 is 0.783 bits per heavy atom. The Hall–Kier alpha value is -3.27. The van der Waals surface area contributed by atoms with Crippen molar-refractivity contribution in [3.05, 3.63) is 128 Å². The van der Waals surface area contributed by atoms with Gasteiger partial charge in [0.15, 0.2) is 0 Å². The first-order valence-electron chi connectivity index (χ1n) is 14.5. The fourth-order valence-corrected chi connectivity index (χ4v) is 6.76. The van der Waals surface area contributed by atoms with E-state index in [2.05, 4.69) is 5.32 Å². The molecule has 0 saturated carbocycles. The van der Waals surface area contributed by atoms with Gasteiger partial charge in [-0.05, 0) is 79.1 Å². The smallest absolute Gasteiger partial charge is 0.264 e. The Morgan fingerprint density at radius 3 is 2.11 bits per heavy atom. The van der Waals surface area contributed by atoms with Crippen LogP contribution >= 0.6 is 46.4 Å². The molecule has 2 amide bonds. The minimum atomic E-state index is -4.30. The second-order valence-electron chi connectivity index (χ2n) is 10.7. The number of benzene rings is 4. The first-order chi connectivity index (χ1) is 21.9. The molecule has 242 valence electrons. The molecular formula is C34H33Cl4N3O4S. The second kappa shape index (κ2) is 16.0. The number of nitrogens with one attached hydrogen (secondary N) is 1. The molecule has 2 atom stereocenters. The molecule has 0 aromatic heterocycles. The van der Waals surface area contributed by atoms with Crippen molar-refractivity contribution in [3.63, 3.8) is 0 Å². The second-order valence-corrected chi connectivity index (χ2v) is 14.3. The van der Waals surface area contributed by atoms with E-state index >= 15 is 0 Å². The van der Waals surface area contributed by atoms with Gasteiger partial charge in [0.1, 0.15) is 12.6 Å². The lowest BCUT2D eigenvalue weighted by Gasteiger charge is -2.34. The highest BCUT2D eigenvalue weighted by molar-refractivity contribution is 7.92. The molecule has 4 aromatic carbocycles. The van der Waals surface area contributed by atoms with Crippen LogP contribution in [0.15, 0.2) is 102 Å². The van der Waals surface area contributed by atoms with E-state index in [0.717, 1.165) is 9.87 Å². The number of carbonyl (C=O) groups is 2. The van der Waals surface area contributed by atoms with Crippen LogP contribution in [-0.2, 0) is 32.6 Å². The van der Waals surface area contributed by atoms with Gasteiger partial charge in [0.25, 0.3) is 10.0 Å². The fraction of sp³-hybridized carbons (Fsp3) is 0.235. The van der Waals surface area contributed by atoms with Crippen LogP contribution in [0.2, 0.25) is 20.1 Å². The lowest BCUT2D eigenvalue weighted by atomic mass is 10.0. The van der Waals surface area contributed by atoms with Crippen LogP contribution < -0.4 is 9.62 Å². The maximum Gasteiger partial charge on any atom is 0.264 e. The van der Waals surface area contributed by atoms with Gasteiger partial charge in [0.2, 0.25) is 11.8 Å². The van der Waals surface area contributed by atoms with Crippen molar-refractivity contribution in [1.82, 2.24) is 10.2 Å². The van der Waals surface area contributed by atoms with E-state index in [1.54, 1.807) is 36.4 Å². The summed E-state index contributed by atoms with van der Waals surface area (Å²) in [5, 5.41) is 4.25. The summed E-state index contributed by atoms with van der Waals surface area (Å²) in [7, 11) is -4.30. The molecule has 1 N–H and O–H groups in total. The highest BCUT2D eigenvalue weighted by Gasteiger charge is 2.35. The molecule has 0 unspecified atom stereocenters. The van der Waals surface area contributed by atoms with Crippen molar-refractivity contribution in [3.8, 4) is 0 Å². The Bertz CT molecular complexity index is 1770. The number of hydrogen-bond acceptors (Lipinski definition) is 4. The van der Waals surface area contributed by atoms with Gasteiger partial charge in [0.05, 0.1) is 20.6 Å².